The maximum atomic E-state index is 13.2. The van der Waals surface area contributed by atoms with Crippen LogP contribution in [0.4, 0.5) is 4.39 Å². The van der Waals surface area contributed by atoms with E-state index in [0.29, 0.717) is 11.1 Å². The van der Waals surface area contributed by atoms with Gasteiger partial charge < -0.3 is 9.16 Å². The highest BCUT2D eigenvalue weighted by atomic mass is 28.4. The van der Waals surface area contributed by atoms with Gasteiger partial charge in [-0.25, -0.2) is 9.18 Å². The van der Waals surface area contributed by atoms with Crippen LogP contribution in [0.1, 0.15) is 33.3 Å². The van der Waals surface area contributed by atoms with Crippen molar-refractivity contribution >= 4 is 19.9 Å². The number of ether oxygens (including phenoxy) is 1. The Kier molecular flexibility index (Phi) is 6.54. The Labute approximate surface area is 151 Å². The Bertz CT molecular complexity index is 657. The molecule has 0 fully saturated rings. The summed E-state index contributed by atoms with van der Waals surface area (Å²) in [6, 6.07) is 5.72. The standard InChI is InChI=1S/C20H29FO3Si/c1-9-20(5,24-25(7,8)19(2,3)4)14-17(18(22)23-6)15-10-12-16(21)13-11-15/h9-14H,1H2,2-8H3/b17-14+. The van der Waals surface area contributed by atoms with E-state index in [-0.39, 0.29) is 10.9 Å². The van der Waals surface area contributed by atoms with Gasteiger partial charge in [0.15, 0.2) is 8.32 Å². The predicted molar refractivity (Wildman–Crippen MR) is 103 cm³/mol. The molecule has 138 valence electrons. The molecule has 0 radical (unpaired) electrons. The molecule has 1 rings (SSSR count). The minimum Gasteiger partial charge on any atom is -0.465 e. The molecule has 0 saturated heterocycles. The predicted octanol–water partition coefficient (Wildman–Crippen LogP) is 5.35. The number of hydrogen-bond donors (Lipinski definition) is 0. The smallest absolute Gasteiger partial charge is 0.338 e. The second-order valence-electron chi connectivity index (χ2n) is 7.81. The molecule has 0 spiro atoms. The minimum atomic E-state index is -2.11. The third kappa shape index (κ3) is 5.38. The first kappa shape index (κ1) is 21.3. The Hall–Kier alpha value is -1.72. The number of carbonyl (C=O) groups is 1. The molecule has 0 saturated carbocycles. The summed E-state index contributed by atoms with van der Waals surface area (Å²) < 4.78 is 24.6. The highest BCUT2D eigenvalue weighted by molar-refractivity contribution is 6.74. The molecule has 1 aromatic carbocycles. The topological polar surface area (TPSA) is 35.5 Å². The molecule has 0 aliphatic rings. The summed E-state index contributed by atoms with van der Waals surface area (Å²) in [5.74, 6) is -0.865. The molecule has 5 heteroatoms. The SMILES string of the molecule is C=CC(C)(/C=C(/C(=O)OC)c1ccc(F)cc1)O[Si](C)(C)C(C)(C)C. The van der Waals surface area contributed by atoms with Crippen molar-refractivity contribution in [3.63, 3.8) is 0 Å². The molecule has 0 aliphatic heterocycles. The lowest BCUT2D eigenvalue weighted by Crippen LogP contribution is -2.47. The van der Waals surface area contributed by atoms with Crippen LogP contribution in [0.3, 0.4) is 0 Å². The Morgan fingerprint density at radius 3 is 2.08 bits per heavy atom. The monoisotopic (exact) mass is 364 g/mol. The van der Waals surface area contributed by atoms with Crippen molar-refractivity contribution in [2.24, 2.45) is 0 Å². The van der Waals surface area contributed by atoms with Crippen molar-refractivity contribution in [2.75, 3.05) is 7.11 Å². The summed E-state index contributed by atoms with van der Waals surface area (Å²) in [5.41, 5.74) is 0.0461. The van der Waals surface area contributed by atoms with Crippen molar-refractivity contribution in [3.8, 4) is 0 Å². The number of rotatable bonds is 6. The Morgan fingerprint density at radius 1 is 1.16 bits per heavy atom. The number of benzene rings is 1. The first-order chi connectivity index (χ1) is 11.3. The van der Waals surface area contributed by atoms with E-state index in [1.165, 1.54) is 19.2 Å². The highest BCUT2D eigenvalue weighted by Gasteiger charge is 2.41. The normalized spacial score (nSPS) is 15.4. The van der Waals surface area contributed by atoms with Crippen LogP contribution in [0.15, 0.2) is 43.0 Å². The van der Waals surface area contributed by atoms with Gasteiger partial charge in [0.2, 0.25) is 0 Å². The summed E-state index contributed by atoms with van der Waals surface area (Å²) in [6.45, 7) is 16.5. The van der Waals surface area contributed by atoms with E-state index in [9.17, 15) is 9.18 Å². The number of halogens is 1. The summed E-state index contributed by atoms with van der Waals surface area (Å²) in [6.07, 6.45) is 3.39. The molecule has 0 aromatic heterocycles. The fourth-order valence-electron chi connectivity index (χ4n) is 2.12. The van der Waals surface area contributed by atoms with E-state index in [1.807, 2.05) is 6.92 Å². The van der Waals surface area contributed by atoms with Gasteiger partial charge in [-0.3, -0.25) is 0 Å². The molecule has 1 unspecified atom stereocenters. The van der Waals surface area contributed by atoms with Gasteiger partial charge in [0, 0.05) is 0 Å². The molecular weight excluding hydrogens is 335 g/mol. The molecule has 0 aliphatic carbocycles. The molecule has 0 bridgehead atoms. The van der Waals surface area contributed by atoms with Crippen molar-refractivity contribution in [3.05, 3.63) is 54.4 Å². The molecule has 0 amide bonds. The highest BCUT2D eigenvalue weighted by Crippen LogP contribution is 2.40. The fraction of sp³-hybridized carbons (Fsp3) is 0.450. The fourth-order valence-corrected chi connectivity index (χ4v) is 3.67. The van der Waals surface area contributed by atoms with Crippen LogP contribution in [0.25, 0.3) is 5.57 Å². The molecule has 1 aromatic rings. The van der Waals surface area contributed by atoms with Crippen LogP contribution >= 0.6 is 0 Å². The zero-order valence-electron chi connectivity index (χ0n) is 16.3. The summed E-state index contributed by atoms with van der Waals surface area (Å²) in [5, 5.41) is 0.00636. The van der Waals surface area contributed by atoms with Crippen LogP contribution in [0.2, 0.25) is 18.1 Å². The lowest BCUT2D eigenvalue weighted by molar-refractivity contribution is -0.133. The van der Waals surface area contributed by atoms with E-state index in [1.54, 1.807) is 24.3 Å². The molecular formula is C20H29FO3Si. The maximum absolute atomic E-state index is 13.2. The lowest BCUT2D eigenvalue weighted by Gasteiger charge is -2.42. The van der Waals surface area contributed by atoms with Gasteiger partial charge in [-0.15, -0.1) is 0 Å². The van der Waals surface area contributed by atoms with Crippen LogP contribution in [0.5, 0.6) is 0 Å². The number of methoxy groups -OCH3 is 1. The zero-order chi connectivity index (χ0) is 19.5. The van der Waals surface area contributed by atoms with Gasteiger partial charge in [0.1, 0.15) is 5.82 Å². The summed E-state index contributed by atoms with van der Waals surface area (Å²) in [4.78, 5) is 12.3. The maximum Gasteiger partial charge on any atom is 0.338 e. The van der Waals surface area contributed by atoms with E-state index in [0.717, 1.165) is 0 Å². The van der Waals surface area contributed by atoms with Crippen LogP contribution in [-0.2, 0) is 14.0 Å². The average Bonchev–Trinajstić information content (AvgIpc) is 2.51. The van der Waals surface area contributed by atoms with E-state index >= 15 is 0 Å². The second-order valence-corrected chi connectivity index (χ2v) is 12.5. The molecule has 0 N–H and O–H groups in total. The van der Waals surface area contributed by atoms with Gasteiger partial charge in [-0.2, -0.15) is 0 Å². The summed E-state index contributed by atoms with van der Waals surface area (Å²) >= 11 is 0. The number of hydrogen-bond acceptors (Lipinski definition) is 3. The second kappa shape index (κ2) is 7.66. The molecule has 3 nitrogen and oxygen atoms in total. The van der Waals surface area contributed by atoms with Crippen LogP contribution in [-0.4, -0.2) is 27.0 Å². The third-order valence-electron chi connectivity index (χ3n) is 4.68. The van der Waals surface area contributed by atoms with Crippen LogP contribution in [0, 0.1) is 5.82 Å². The third-order valence-corrected chi connectivity index (χ3v) is 9.24. The van der Waals surface area contributed by atoms with Gasteiger partial charge >= 0.3 is 5.97 Å². The van der Waals surface area contributed by atoms with E-state index < -0.39 is 19.9 Å². The van der Waals surface area contributed by atoms with Crippen molar-refractivity contribution < 1.29 is 18.3 Å². The van der Waals surface area contributed by atoms with Gasteiger partial charge in [0.05, 0.1) is 18.3 Å². The van der Waals surface area contributed by atoms with E-state index in [2.05, 4.69) is 40.4 Å². The first-order valence-corrected chi connectivity index (χ1v) is 11.2. The van der Waals surface area contributed by atoms with Gasteiger partial charge in [-0.05, 0) is 48.8 Å². The van der Waals surface area contributed by atoms with Crippen LogP contribution < -0.4 is 0 Å². The Morgan fingerprint density at radius 2 is 1.68 bits per heavy atom. The number of esters is 1. The van der Waals surface area contributed by atoms with Crippen molar-refractivity contribution in [2.45, 2.75) is 51.4 Å². The Balaban J connectivity index is 3.39. The van der Waals surface area contributed by atoms with E-state index in [4.69, 9.17) is 9.16 Å². The molecule has 25 heavy (non-hydrogen) atoms. The average molecular weight is 365 g/mol. The lowest BCUT2D eigenvalue weighted by atomic mass is 9.98. The minimum absolute atomic E-state index is 0.00636. The molecule has 1 atom stereocenters. The van der Waals surface area contributed by atoms with Gasteiger partial charge in [-0.1, -0.05) is 45.6 Å². The first-order valence-electron chi connectivity index (χ1n) is 8.26. The van der Waals surface area contributed by atoms with Gasteiger partial charge in [0.25, 0.3) is 0 Å². The number of carbonyl (C=O) groups excluding carboxylic acids is 1. The summed E-state index contributed by atoms with van der Waals surface area (Å²) in [7, 11) is -0.792. The van der Waals surface area contributed by atoms with Crippen molar-refractivity contribution in [1.29, 1.82) is 0 Å². The van der Waals surface area contributed by atoms with Crippen molar-refractivity contribution in [1.82, 2.24) is 0 Å². The zero-order valence-corrected chi connectivity index (χ0v) is 17.3. The quantitative estimate of drug-likeness (QED) is 0.295. The molecule has 0 heterocycles. The largest absolute Gasteiger partial charge is 0.465 e.